The van der Waals surface area contributed by atoms with Crippen molar-refractivity contribution in [2.45, 2.75) is 76.0 Å². The lowest BCUT2D eigenvalue weighted by Gasteiger charge is -2.50. The molecule has 6 rings (SSSR count). The summed E-state index contributed by atoms with van der Waals surface area (Å²) in [4.78, 5) is 18.2. The summed E-state index contributed by atoms with van der Waals surface area (Å²) < 4.78 is 20.3. The standard InChI is InChI=1S/C40H46N2O5/c1-5-41(6-2)38(44)34-35(43)37-36(46-39(3,4)47-37)33(42(34)27-29-19-11-7-12-20-29)28-45-40(30-21-13-8-14-22-30,31-23-15-9-16-24-31)32-25-17-10-18-26-32/h7-26,33-37,43H,5-6,27-28H2,1-4H3/t33-,34+,35-,36+,37-/m0/s1. The van der Waals surface area contributed by atoms with Gasteiger partial charge in [0.1, 0.15) is 30.0 Å². The van der Waals surface area contributed by atoms with Crippen molar-refractivity contribution in [3.63, 3.8) is 0 Å². The third kappa shape index (κ3) is 6.51. The summed E-state index contributed by atoms with van der Waals surface area (Å²) in [7, 11) is 0. The van der Waals surface area contributed by atoms with Crippen LogP contribution in [0, 0.1) is 0 Å². The van der Waals surface area contributed by atoms with Crippen molar-refractivity contribution < 1.29 is 24.1 Å². The first-order valence-corrected chi connectivity index (χ1v) is 16.7. The molecule has 1 N–H and O–H groups in total. The molecule has 0 aliphatic carbocycles. The third-order valence-electron chi connectivity index (χ3n) is 9.53. The molecule has 7 heteroatoms. The number of hydrogen-bond donors (Lipinski definition) is 1. The molecule has 2 saturated heterocycles. The minimum atomic E-state index is -1.10. The van der Waals surface area contributed by atoms with Gasteiger partial charge in [0.05, 0.1) is 12.6 Å². The van der Waals surface area contributed by atoms with E-state index in [0.717, 1.165) is 22.3 Å². The van der Waals surface area contributed by atoms with Crippen molar-refractivity contribution in [3.05, 3.63) is 144 Å². The molecule has 7 nitrogen and oxygen atoms in total. The third-order valence-corrected chi connectivity index (χ3v) is 9.53. The van der Waals surface area contributed by atoms with Gasteiger partial charge in [0.15, 0.2) is 5.79 Å². The molecule has 0 unspecified atom stereocenters. The Morgan fingerprint density at radius 1 is 0.766 bits per heavy atom. The number of piperidine rings is 1. The molecule has 4 aromatic rings. The molecule has 0 bridgehead atoms. The molecule has 2 heterocycles. The van der Waals surface area contributed by atoms with E-state index < -0.39 is 41.8 Å². The van der Waals surface area contributed by atoms with Gasteiger partial charge in [-0.05, 0) is 49.9 Å². The number of likely N-dealkylation sites (N-methyl/N-ethyl adjacent to an activating group) is 1. The van der Waals surface area contributed by atoms with Gasteiger partial charge in [-0.1, -0.05) is 121 Å². The van der Waals surface area contributed by atoms with E-state index in [9.17, 15) is 9.90 Å². The van der Waals surface area contributed by atoms with Crippen LogP contribution in [0.15, 0.2) is 121 Å². The van der Waals surface area contributed by atoms with Gasteiger partial charge in [-0.2, -0.15) is 0 Å². The van der Waals surface area contributed by atoms with Crippen molar-refractivity contribution in [2.24, 2.45) is 0 Å². The van der Waals surface area contributed by atoms with Gasteiger partial charge in [-0.25, -0.2) is 0 Å². The van der Waals surface area contributed by atoms with Crippen molar-refractivity contribution in [2.75, 3.05) is 19.7 Å². The van der Waals surface area contributed by atoms with E-state index in [-0.39, 0.29) is 12.5 Å². The molecule has 47 heavy (non-hydrogen) atoms. The van der Waals surface area contributed by atoms with Crippen LogP contribution in [0.3, 0.4) is 0 Å². The number of likely N-dealkylation sites (tertiary alicyclic amines) is 1. The molecule has 2 fully saturated rings. The number of nitrogens with zero attached hydrogens (tertiary/aromatic N) is 2. The molecule has 4 aromatic carbocycles. The summed E-state index contributed by atoms with van der Waals surface area (Å²) in [6.45, 7) is 9.35. The quantitative estimate of drug-likeness (QED) is 0.204. The summed E-state index contributed by atoms with van der Waals surface area (Å²) in [5, 5.41) is 12.0. The molecular formula is C40H46N2O5. The number of aliphatic hydroxyl groups excluding tert-OH is 1. The summed E-state index contributed by atoms with van der Waals surface area (Å²) in [5.74, 6) is -1.08. The molecule has 0 aromatic heterocycles. The van der Waals surface area contributed by atoms with Gasteiger partial charge in [0.25, 0.3) is 0 Å². The fourth-order valence-electron chi connectivity index (χ4n) is 7.34. The van der Waals surface area contributed by atoms with Crippen molar-refractivity contribution >= 4 is 5.91 Å². The van der Waals surface area contributed by atoms with Gasteiger partial charge >= 0.3 is 0 Å². The lowest BCUT2D eigenvalue weighted by atomic mass is 9.79. The Bertz CT molecular complexity index is 1480. The van der Waals surface area contributed by atoms with Gasteiger partial charge < -0.3 is 24.2 Å². The maximum Gasteiger partial charge on any atom is 0.242 e. The van der Waals surface area contributed by atoms with E-state index in [1.165, 1.54) is 0 Å². The van der Waals surface area contributed by atoms with E-state index in [0.29, 0.717) is 19.6 Å². The Hall–Kier alpha value is -3.85. The average molecular weight is 635 g/mol. The zero-order valence-corrected chi connectivity index (χ0v) is 27.7. The van der Waals surface area contributed by atoms with Gasteiger partial charge in [0, 0.05) is 19.6 Å². The minimum Gasteiger partial charge on any atom is -0.388 e. The van der Waals surface area contributed by atoms with Crippen LogP contribution in [-0.2, 0) is 31.2 Å². The highest BCUT2D eigenvalue weighted by molar-refractivity contribution is 5.83. The molecule has 1 amide bonds. The van der Waals surface area contributed by atoms with Crippen LogP contribution in [0.4, 0.5) is 0 Å². The van der Waals surface area contributed by atoms with Crippen LogP contribution in [0.1, 0.15) is 49.9 Å². The Balaban J connectivity index is 1.50. The number of fused-ring (bicyclic) bond motifs is 1. The predicted molar refractivity (Wildman–Crippen MR) is 182 cm³/mol. The highest BCUT2D eigenvalue weighted by atomic mass is 16.8. The number of carbonyl (C=O) groups is 1. The Morgan fingerprint density at radius 2 is 1.21 bits per heavy atom. The van der Waals surface area contributed by atoms with Crippen molar-refractivity contribution in [1.29, 1.82) is 0 Å². The monoisotopic (exact) mass is 634 g/mol. The normalized spacial score (nSPS) is 24.1. The minimum absolute atomic E-state index is 0.129. The first kappa shape index (κ1) is 33.1. The molecule has 2 aliphatic heterocycles. The van der Waals surface area contributed by atoms with Crippen LogP contribution in [0.2, 0.25) is 0 Å². The van der Waals surface area contributed by atoms with Crippen LogP contribution in [-0.4, -0.2) is 76.7 Å². The largest absolute Gasteiger partial charge is 0.388 e. The SMILES string of the molecule is CCN(CC)C(=O)[C@H]1[C@H](O)[C@@H]2OC(C)(C)O[C@@H]2[C@H](COC(c2ccccc2)(c2ccccc2)c2ccccc2)N1Cc1ccccc1. The van der Waals surface area contributed by atoms with E-state index in [1.807, 2.05) is 113 Å². The second-order valence-corrected chi connectivity index (χ2v) is 12.8. The van der Waals surface area contributed by atoms with Crippen LogP contribution < -0.4 is 0 Å². The first-order chi connectivity index (χ1) is 22.8. The van der Waals surface area contributed by atoms with Gasteiger partial charge in [-0.15, -0.1) is 0 Å². The number of rotatable bonds is 11. The summed E-state index contributed by atoms with van der Waals surface area (Å²) in [5.41, 5.74) is 3.01. The van der Waals surface area contributed by atoms with E-state index in [4.69, 9.17) is 14.2 Å². The lowest BCUT2D eigenvalue weighted by molar-refractivity contribution is -0.170. The summed E-state index contributed by atoms with van der Waals surface area (Å²) in [6, 6.07) is 39.6. The lowest BCUT2D eigenvalue weighted by Crippen LogP contribution is -2.70. The maximum absolute atomic E-state index is 14.3. The summed E-state index contributed by atoms with van der Waals surface area (Å²) >= 11 is 0. The van der Waals surface area contributed by atoms with Gasteiger partial charge in [-0.3, -0.25) is 9.69 Å². The number of carbonyl (C=O) groups excluding carboxylic acids is 1. The number of benzene rings is 4. The second kappa shape index (κ2) is 14.1. The zero-order valence-electron chi connectivity index (χ0n) is 27.7. The smallest absolute Gasteiger partial charge is 0.242 e. The highest BCUT2D eigenvalue weighted by Crippen LogP contribution is 2.44. The second-order valence-electron chi connectivity index (χ2n) is 12.8. The molecule has 246 valence electrons. The highest BCUT2D eigenvalue weighted by Gasteiger charge is 2.59. The fourth-order valence-corrected chi connectivity index (χ4v) is 7.34. The number of ether oxygens (including phenoxy) is 3. The molecular weight excluding hydrogens is 588 g/mol. The number of amides is 1. The van der Waals surface area contributed by atoms with Crippen LogP contribution in [0.25, 0.3) is 0 Å². The molecule has 5 atom stereocenters. The van der Waals surface area contributed by atoms with Crippen molar-refractivity contribution in [1.82, 2.24) is 9.80 Å². The first-order valence-electron chi connectivity index (χ1n) is 16.7. The average Bonchev–Trinajstić information content (AvgIpc) is 3.44. The number of hydrogen-bond acceptors (Lipinski definition) is 6. The topological polar surface area (TPSA) is 71.5 Å². The Kier molecular flexibility index (Phi) is 9.92. The molecule has 0 radical (unpaired) electrons. The fraction of sp³-hybridized carbons (Fsp3) is 0.375. The molecule has 2 aliphatic rings. The maximum atomic E-state index is 14.3. The van der Waals surface area contributed by atoms with Crippen LogP contribution >= 0.6 is 0 Å². The van der Waals surface area contributed by atoms with Crippen molar-refractivity contribution in [3.8, 4) is 0 Å². The van der Waals surface area contributed by atoms with E-state index in [1.54, 1.807) is 4.90 Å². The summed E-state index contributed by atoms with van der Waals surface area (Å²) in [6.07, 6.45) is -2.36. The van der Waals surface area contributed by atoms with Gasteiger partial charge in [0.2, 0.25) is 5.91 Å². The molecule has 0 saturated carbocycles. The van der Waals surface area contributed by atoms with Crippen LogP contribution in [0.5, 0.6) is 0 Å². The zero-order chi connectivity index (χ0) is 33.0. The van der Waals surface area contributed by atoms with E-state index >= 15 is 0 Å². The number of aliphatic hydroxyl groups is 1. The predicted octanol–water partition coefficient (Wildman–Crippen LogP) is 6.00. The van der Waals surface area contributed by atoms with E-state index in [2.05, 4.69) is 41.3 Å². The molecule has 0 spiro atoms. The Labute approximate surface area is 278 Å². The Morgan fingerprint density at radius 3 is 1.68 bits per heavy atom.